The molecule has 96 valence electrons. The topological polar surface area (TPSA) is 99.2 Å². The number of anilines is 1. The maximum absolute atomic E-state index is 4.39. The number of nitrogens with zero attached hydrogens (tertiary/aromatic N) is 8. The Morgan fingerprint density at radius 3 is 2.74 bits per heavy atom. The van der Waals surface area contributed by atoms with Gasteiger partial charge in [0.1, 0.15) is 12.0 Å². The monoisotopic (exact) mass is 257 g/mol. The van der Waals surface area contributed by atoms with Crippen LogP contribution in [-0.2, 0) is 7.05 Å². The maximum Gasteiger partial charge on any atom is 0.240 e. The zero-order valence-corrected chi connectivity index (χ0v) is 10.4. The Morgan fingerprint density at radius 1 is 1.21 bits per heavy atom. The molecular weight excluding hydrogens is 246 g/mol. The zero-order valence-electron chi connectivity index (χ0n) is 10.4. The summed E-state index contributed by atoms with van der Waals surface area (Å²) in [5.74, 6) is 1.44. The summed E-state index contributed by atoms with van der Waals surface area (Å²) in [7, 11) is 3.53. The fraction of sp³-hybridized carbons (Fsp3) is 0.200. The summed E-state index contributed by atoms with van der Waals surface area (Å²) in [4.78, 5) is 16.9. The number of imidazole rings is 1. The lowest BCUT2D eigenvalue weighted by atomic mass is 10.4. The van der Waals surface area contributed by atoms with Gasteiger partial charge in [0.2, 0.25) is 11.9 Å². The van der Waals surface area contributed by atoms with Gasteiger partial charge in [-0.15, -0.1) is 5.10 Å². The molecule has 3 heterocycles. The molecule has 0 amide bonds. The van der Waals surface area contributed by atoms with E-state index >= 15 is 0 Å². The molecule has 0 saturated carbocycles. The molecule has 1 N–H and O–H groups in total. The molecule has 0 bridgehead atoms. The first-order chi connectivity index (χ1) is 9.28. The van der Waals surface area contributed by atoms with Crippen molar-refractivity contribution in [2.24, 2.45) is 7.05 Å². The molecule has 0 saturated heterocycles. The second kappa shape index (κ2) is 4.44. The van der Waals surface area contributed by atoms with Crippen LogP contribution in [0.4, 0.5) is 5.95 Å². The van der Waals surface area contributed by atoms with Crippen molar-refractivity contribution >= 4 is 5.95 Å². The van der Waals surface area contributed by atoms with Crippen molar-refractivity contribution < 1.29 is 0 Å². The maximum atomic E-state index is 4.39. The van der Waals surface area contributed by atoms with E-state index in [2.05, 4.69) is 35.6 Å². The first kappa shape index (κ1) is 11.3. The third-order valence-corrected chi connectivity index (χ3v) is 2.53. The summed E-state index contributed by atoms with van der Waals surface area (Å²) < 4.78 is 3.31. The third kappa shape index (κ3) is 2.01. The lowest BCUT2D eigenvalue weighted by molar-refractivity contribution is 0.716. The van der Waals surface area contributed by atoms with E-state index in [1.54, 1.807) is 48.3 Å². The SMILES string of the molecule is CNc1nc(-c2cnnn2C)nc(-n2ccnc2)n1. The molecule has 9 heteroatoms. The van der Waals surface area contributed by atoms with Crippen LogP contribution in [0, 0.1) is 0 Å². The molecule has 0 fully saturated rings. The van der Waals surface area contributed by atoms with Crippen molar-refractivity contribution in [2.45, 2.75) is 0 Å². The minimum atomic E-state index is 0.468. The molecule has 0 aliphatic heterocycles. The Balaban J connectivity index is 2.16. The Labute approximate surface area is 108 Å². The number of hydrogen-bond donors (Lipinski definition) is 1. The molecule has 0 spiro atoms. The first-order valence-electron chi connectivity index (χ1n) is 5.55. The van der Waals surface area contributed by atoms with E-state index in [0.717, 1.165) is 0 Å². The lowest BCUT2D eigenvalue weighted by Crippen LogP contribution is -2.08. The second-order valence-corrected chi connectivity index (χ2v) is 3.75. The van der Waals surface area contributed by atoms with E-state index in [4.69, 9.17) is 0 Å². The van der Waals surface area contributed by atoms with Gasteiger partial charge in [-0.25, -0.2) is 9.67 Å². The number of aromatic nitrogens is 8. The molecule has 0 aliphatic rings. The molecule has 0 unspecified atom stereocenters. The van der Waals surface area contributed by atoms with Gasteiger partial charge in [-0.2, -0.15) is 15.0 Å². The number of nitrogens with one attached hydrogen (secondary N) is 1. The summed E-state index contributed by atoms with van der Waals surface area (Å²) in [5.41, 5.74) is 0.709. The van der Waals surface area contributed by atoms with E-state index < -0.39 is 0 Å². The fourth-order valence-corrected chi connectivity index (χ4v) is 1.58. The first-order valence-corrected chi connectivity index (χ1v) is 5.55. The summed E-state index contributed by atoms with van der Waals surface area (Å²) in [6.45, 7) is 0. The predicted molar refractivity (Wildman–Crippen MR) is 66.5 cm³/mol. The van der Waals surface area contributed by atoms with E-state index in [1.807, 2.05) is 0 Å². The van der Waals surface area contributed by atoms with E-state index in [9.17, 15) is 0 Å². The summed E-state index contributed by atoms with van der Waals surface area (Å²) in [6, 6.07) is 0. The third-order valence-electron chi connectivity index (χ3n) is 2.53. The highest BCUT2D eigenvalue weighted by molar-refractivity contribution is 5.50. The summed E-state index contributed by atoms with van der Waals surface area (Å²) >= 11 is 0. The molecule has 3 aromatic heterocycles. The van der Waals surface area contributed by atoms with Crippen LogP contribution in [0.5, 0.6) is 0 Å². The minimum Gasteiger partial charge on any atom is -0.357 e. The molecule has 0 radical (unpaired) electrons. The van der Waals surface area contributed by atoms with Gasteiger partial charge in [-0.05, 0) is 0 Å². The molecular formula is C10H11N9. The van der Waals surface area contributed by atoms with Crippen molar-refractivity contribution in [1.82, 2.24) is 39.5 Å². The van der Waals surface area contributed by atoms with Gasteiger partial charge in [-0.1, -0.05) is 5.21 Å². The van der Waals surface area contributed by atoms with Gasteiger partial charge < -0.3 is 5.32 Å². The van der Waals surface area contributed by atoms with Crippen LogP contribution in [0.2, 0.25) is 0 Å². The van der Waals surface area contributed by atoms with Gasteiger partial charge in [-0.3, -0.25) is 4.57 Å². The van der Waals surface area contributed by atoms with Crippen molar-refractivity contribution in [3.05, 3.63) is 24.9 Å². The van der Waals surface area contributed by atoms with Crippen molar-refractivity contribution in [3.63, 3.8) is 0 Å². The molecule has 0 aliphatic carbocycles. The Morgan fingerprint density at radius 2 is 2.11 bits per heavy atom. The highest BCUT2D eigenvalue weighted by Gasteiger charge is 2.12. The van der Waals surface area contributed by atoms with Crippen LogP contribution < -0.4 is 5.32 Å². The van der Waals surface area contributed by atoms with Crippen LogP contribution in [0.1, 0.15) is 0 Å². The quantitative estimate of drug-likeness (QED) is 0.699. The van der Waals surface area contributed by atoms with E-state index in [1.165, 1.54) is 0 Å². The molecule has 9 nitrogen and oxygen atoms in total. The summed E-state index contributed by atoms with van der Waals surface area (Å²) in [6.07, 6.45) is 6.65. The molecule has 3 aromatic rings. The van der Waals surface area contributed by atoms with Crippen LogP contribution in [0.15, 0.2) is 24.9 Å². The smallest absolute Gasteiger partial charge is 0.240 e. The number of aryl methyl sites for hydroxylation is 1. The highest BCUT2D eigenvalue weighted by atomic mass is 15.4. The molecule has 0 atom stereocenters. The van der Waals surface area contributed by atoms with Crippen LogP contribution in [0.3, 0.4) is 0 Å². The summed E-state index contributed by atoms with van der Waals surface area (Å²) in [5, 5.41) is 10.6. The fourth-order valence-electron chi connectivity index (χ4n) is 1.58. The average molecular weight is 257 g/mol. The predicted octanol–water partition coefficient (Wildman–Crippen LogP) is -0.106. The molecule has 19 heavy (non-hydrogen) atoms. The zero-order chi connectivity index (χ0) is 13.2. The van der Waals surface area contributed by atoms with Crippen LogP contribution >= 0.6 is 0 Å². The molecule has 0 aromatic carbocycles. The van der Waals surface area contributed by atoms with Crippen molar-refractivity contribution in [1.29, 1.82) is 0 Å². The van der Waals surface area contributed by atoms with Gasteiger partial charge in [0.15, 0.2) is 5.82 Å². The van der Waals surface area contributed by atoms with Gasteiger partial charge in [0.25, 0.3) is 0 Å². The highest BCUT2D eigenvalue weighted by Crippen LogP contribution is 2.15. The average Bonchev–Trinajstić information content (AvgIpc) is 3.09. The standard InChI is InChI=1S/C10H11N9/c1-11-9-14-8(7-5-13-17-18(7)2)15-10(16-9)19-4-3-12-6-19/h3-6H,1-2H3,(H,11,14,15,16). The van der Waals surface area contributed by atoms with E-state index in [-0.39, 0.29) is 0 Å². The Kier molecular flexibility index (Phi) is 2.63. The number of rotatable bonds is 3. The minimum absolute atomic E-state index is 0.468. The van der Waals surface area contributed by atoms with Crippen molar-refractivity contribution in [2.75, 3.05) is 12.4 Å². The Bertz CT molecular complexity index is 685. The van der Waals surface area contributed by atoms with Gasteiger partial charge in [0, 0.05) is 26.5 Å². The van der Waals surface area contributed by atoms with Gasteiger partial charge in [0.05, 0.1) is 6.20 Å². The van der Waals surface area contributed by atoms with Gasteiger partial charge >= 0.3 is 0 Å². The normalized spacial score (nSPS) is 10.6. The Hall–Kier alpha value is -2.84. The van der Waals surface area contributed by atoms with E-state index in [0.29, 0.717) is 23.4 Å². The van der Waals surface area contributed by atoms with Crippen molar-refractivity contribution in [3.8, 4) is 17.5 Å². The van der Waals surface area contributed by atoms with Crippen LogP contribution in [0.25, 0.3) is 17.5 Å². The number of hydrogen-bond acceptors (Lipinski definition) is 7. The van der Waals surface area contributed by atoms with Crippen LogP contribution in [-0.4, -0.2) is 46.5 Å². The molecule has 3 rings (SSSR count). The lowest BCUT2D eigenvalue weighted by Gasteiger charge is -2.06. The second-order valence-electron chi connectivity index (χ2n) is 3.75. The largest absolute Gasteiger partial charge is 0.357 e.